The Bertz CT molecular complexity index is 416. The minimum Gasteiger partial charge on any atom is -0.384 e. The minimum atomic E-state index is 0.0668. The summed E-state index contributed by atoms with van der Waals surface area (Å²) in [5.41, 5.74) is 1.51. The van der Waals surface area contributed by atoms with Crippen LogP contribution in [0.4, 0.5) is 5.69 Å². The second-order valence-corrected chi connectivity index (χ2v) is 5.29. The Labute approximate surface area is 115 Å². The van der Waals surface area contributed by atoms with Crippen LogP contribution in [0.5, 0.6) is 0 Å². The first-order valence-corrected chi connectivity index (χ1v) is 7.20. The summed E-state index contributed by atoms with van der Waals surface area (Å²) in [6, 6.07) is 3.73. The molecular formula is C15H23N3O. The summed E-state index contributed by atoms with van der Waals surface area (Å²) in [4.78, 5) is 18.6. The van der Waals surface area contributed by atoms with E-state index >= 15 is 0 Å². The molecular weight excluding hydrogens is 238 g/mol. The Morgan fingerprint density at radius 2 is 2.26 bits per heavy atom. The van der Waals surface area contributed by atoms with Crippen molar-refractivity contribution in [3.05, 3.63) is 24.0 Å². The van der Waals surface area contributed by atoms with E-state index < -0.39 is 0 Å². The highest BCUT2D eigenvalue weighted by atomic mass is 16.2. The maximum Gasteiger partial charge on any atom is 0.272 e. The van der Waals surface area contributed by atoms with Crippen LogP contribution in [0.25, 0.3) is 0 Å². The topological polar surface area (TPSA) is 45.2 Å². The molecule has 0 aliphatic carbocycles. The normalized spacial score (nSPS) is 19.9. The first-order valence-electron chi connectivity index (χ1n) is 7.20. The second kappa shape index (κ2) is 6.55. The van der Waals surface area contributed by atoms with Crippen LogP contribution in [0.15, 0.2) is 18.3 Å². The third kappa shape index (κ3) is 3.69. The molecule has 1 unspecified atom stereocenters. The molecule has 0 aromatic carbocycles. The van der Waals surface area contributed by atoms with Crippen molar-refractivity contribution in [2.24, 2.45) is 5.92 Å². The lowest BCUT2D eigenvalue weighted by atomic mass is 10.0. The van der Waals surface area contributed by atoms with Crippen molar-refractivity contribution in [3.63, 3.8) is 0 Å². The van der Waals surface area contributed by atoms with Crippen molar-refractivity contribution >= 4 is 11.6 Å². The largest absolute Gasteiger partial charge is 0.384 e. The van der Waals surface area contributed by atoms with E-state index in [-0.39, 0.29) is 5.91 Å². The van der Waals surface area contributed by atoms with Crippen LogP contribution >= 0.6 is 0 Å². The van der Waals surface area contributed by atoms with Gasteiger partial charge in [-0.1, -0.05) is 6.92 Å². The van der Waals surface area contributed by atoms with E-state index in [9.17, 15) is 4.79 Å². The maximum atomic E-state index is 12.4. The number of aromatic nitrogens is 1. The Kier molecular flexibility index (Phi) is 4.77. The smallest absolute Gasteiger partial charge is 0.272 e. The van der Waals surface area contributed by atoms with Crippen LogP contribution < -0.4 is 5.32 Å². The van der Waals surface area contributed by atoms with E-state index in [1.54, 1.807) is 6.20 Å². The zero-order valence-electron chi connectivity index (χ0n) is 11.9. The van der Waals surface area contributed by atoms with Crippen LogP contribution in [-0.4, -0.2) is 35.4 Å². The summed E-state index contributed by atoms with van der Waals surface area (Å²) in [6.07, 6.45) is 5.15. The number of hydrogen-bond acceptors (Lipinski definition) is 3. The minimum absolute atomic E-state index is 0.0668. The fraction of sp³-hybridized carbons (Fsp3) is 0.600. The number of hydrogen-bond donors (Lipinski definition) is 1. The quantitative estimate of drug-likeness (QED) is 0.910. The van der Waals surface area contributed by atoms with Gasteiger partial charge in [0.2, 0.25) is 0 Å². The predicted octanol–water partition coefficient (Wildman–Crippen LogP) is 2.78. The summed E-state index contributed by atoms with van der Waals surface area (Å²) in [6.45, 7) is 6.88. The molecule has 0 bridgehead atoms. The van der Waals surface area contributed by atoms with Crippen molar-refractivity contribution in [2.75, 3.05) is 25.0 Å². The molecule has 1 atom stereocenters. The van der Waals surface area contributed by atoms with Gasteiger partial charge in [-0.3, -0.25) is 4.79 Å². The van der Waals surface area contributed by atoms with E-state index in [1.807, 2.05) is 24.0 Å². The molecule has 1 fully saturated rings. The Balaban J connectivity index is 2.02. The standard InChI is InChI=1S/C15H23N3O/c1-3-16-13-6-7-14(17-11-13)15(19)18-9-4-5-12(2)8-10-18/h6-7,11-12,16H,3-5,8-10H2,1-2H3. The molecule has 0 radical (unpaired) electrons. The van der Waals surface area contributed by atoms with Gasteiger partial charge in [-0.05, 0) is 44.2 Å². The van der Waals surface area contributed by atoms with E-state index in [1.165, 1.54) is 6.42 Å². The number of likely N-dealkylation sites (tertiary alicyclic amines) is 1. The highest BCUT2D eigenvalue weighted by molar-refractivity contribution is 5.92. The monoisotopic (exact) mass is 261 g/mol. The molecule has 2 heterocycles. The number of nitrogens with zero attached hydrogens (tertiary/aromatic N) is 2. The number of anilines is 1. The molecule has 19 heavy (non-hydrogen) atoms. The molecule has 1 aromatic heterocycles. The Morgan fingerprint density at radius 1 is 1.42 bits per heavy atom. The number of nitrogens with one attached hydrogen (secondary N) is 1. The first-order chi connectivity index (χ1) is 9.20. The van der Waals surface area contributed by atoms with Gasteiger partial charge in [0.1, 0.15) is 5.69 Å². The van der Waals surface area contributed by atoms with Crippen LogP contribution in [-0.2, 0) is 0 Å². The van der Waals surface area contributed by atoms with E-state index in [0.29, 0.717) is 5.69 Å². The summed E-state index contributed by atoms with van der Waals surface area (Å²) >= 11 is 0. The number of rotatable bonds is 3. The molecule has 1 aromatic rings. The van der Waals surface area contributed by atoms with Crippen molar-refractivity contribution in [2.45, 2.75) is 33.1 Å². The third-order valence-electron chi connectivity index (χ3n) is 3.67. The second-order valence-electron chi connectivity index (χ2n) is 5.29. The summed E-state index contributed by atoms with van der Waals surface area (Å²) in [5, 5.41) is 3.18. The fourth-order valence-electron chi connectivity index (χ4n) is 2.46. The molecule has 104 valence electrons. The number of carbonyl (C=O) groups is 1. The highest BCUT2D eigenvalue weighted by Crippen LogP contribution is 2.18. The molecule has 4 nitrogen and oxygen atoms in total. The van der Waals surface area contributed by atoms with Crippen molar-refractivity contribution < 1.29 is 4.79 Å². The average molecular weight is 261 g/mol. The van der Waals surface area contributed by atoms with Gasteiger partial charge >= 0.3 is 0 Å². The molecule has 0 saturated carbocycles. The number of carbonyl (C=O) groups excluding carboxylic acids is 1. The Hall–Kier alpha value is -1.58. The van der Waals surface area contributed by atoms with Crippen molar-refractivity contribution in [1.29, 1.82) is 0 Å². The predicted molar refractivity (Wildman–Crippen MR) is 77.3 cm³/mol. The van der Waals surface area contributed by atoms with Gasteiger partial charge in [-0.25, -0.2) is 4.98 Å². The van der Waals surface area contributed by atoms with Crippen LogP contribution in [0, 0.1) is 5.92 Å². The van der Waals surface area contributed by atoms with Crippen LogP contribution in [0.2, 0.25) is 0 Å². The van der Waals surface area contributed by atoms with Gasteiger partial charge in [0.25, 0.3) is 5.91 Å². The zero-order valence-corrected chi connectivity index (χ0v) is 11.9. The number of amides is 1. The molecule has 4 heteroatoms. The van der Waals surface area contributed by atoms with Crippen molar-refractivity contribution in [1.82, 2.24) is 9.88 Å². The summed E-state index contributed by atoms with van der Waals surface area (Å²) in [7, 11) is 0. The summed E-state index contributed by atoms with van der Waals surface area (Å²) < 4.78 is 0. The fourth-order valence-corrected chi connectivity index (χ4v) is 2.46. The van der Waals surface area contributed by atoms with Gasteiger partial charge in [0.05, 0.1) is 11.9 Å². The average Bonchev–Trinajstić information content (AvgIpc) is 2.64. The lowest BCUT2D eigenvalue weighted by Crippen LogP contribution is -2.32. The molecule has 1 aliphatic heterocycles. The van der Waals surface area contributed by atoms with Gasteiger partial charge in [-0.15, -0.1) is 0 Å². The van der Waals surface area contributed by atoms with E-state index in [0.717, 1.165) is 44.1 Å². The van der Waals surface area contributed by atoms with Gasteiger partial charge in [-0.2, -0.15) is 0 Å². The maximum absolute atomic E-state index is 12.4. The Morgan fingerprint density at radius 3 is 2.95 bits per heavy atom. The first kappa shape index (κ1) is 13.8. The lowest BCUT2D eigenvalue weighted by Gasteiger charge is -2.20. The molecule has 0 spiro atoms. The van der Waals surface area contributed by atoms with Crippen LogP contribution in [0.1, 0.15) is 43.6 Å². The molecule has 1 aliphatic rings. The van der Waals surface area contributed by atoms with E-state index in [2.05, 4.69) is 17.2 Å². The molecule has 1 amide bonds. The highest BCUT2D eigenvalue weighted by Gasteiger charge is 2.20. The number of pyridine rings is 1. The van der Waals surface area contributed by atoms with Crippen LogP contribution in [0.3, 0.4) is 0 Å². The SMILES string of the molecule is CCNc1ccc(C(=O)N2CCCC(C)CC2)nc1. The van der Waals surface area contributed by atoms with Gasteiger partial charge < -0.3 is 10.2 Å². The lowest BCUT2D eigenvalue weighted by molar-refractivity contribution is 0.0754. The third-order valence-corrected chi connectivity index (χ3v) is 3.67. The van der Waals surface area contributed by atoms with Gasteiger partial charge in [0, 0.05) is 19.6 Å². The molecule has 1 N–H and O–H groups in total. The van der Waals surface area contributed by atoms with E-state index in [4.69, 9.17) is 0 Å². The van der Waals surface area contributed by atoms with Gasteiger partial charge in [0.15, 0.2) is 0 Å². The summed E-state index contributed by atoms with van der Waals surface area (Å²) in [5.74, 6) is 0.791. The molecule has 1 saturated heterocycles. The molecule has 2 rings (SSSR count). The zero-order chi connectivity index (χ0) is 13.7. The van der Waals surface area contributed by atoms with Crippen molar-refractivity contribution in [3.8, 4) is 0 Å².